The third kappa shape index (κ3) is 3.61. The van der Waals surface area contributed by atoms with Gasteiger partial charge in [0.05, 0.1) is 0 Å². The van der Waals surface area contributed by atoms with E-state index in [0.29, 0.717) is 5.56 Å². The van der Waals surface area contributed by atoms with Crippen LogP contribution in [0, 0.1) is 11.6 Å². The molecule has 100 valence electrons. The highest BCUT2D eigenvalue weighted by Crippen LogP contribution is 2.22. The van der Waals surface area contributed by atoms with Crippen LogP contribution in [0.3, 0.4) is 0 Å². The Morgan fingerprint density at radius 2 is 1.79 bits per heavy atom. The van der Waals surface area contributed by atoms with Crippen molar-refractivity contribution < 1.29 is 8.78 Å². The Morgan fingerprint density at radius 3 is 2.47 bits per heavy atom. The van der Waals surface area contributed by atoms with E-state index in [9.17, 15) is 8.78 Å². The molecule has 0 heterocycles. The van der Waals surface area contributed by atoms with E-state index in [4.69, 9.17) is 0 Å². The van der Waals surface area contributed by atoms with Gasteiger partial charge in [-0.15, -0.1) is 0 Å². The SMILES string of the molecule is CNC(CCc1ccccc1)c1cc(F)ccc1F. The minimum absolute atomic E-state index is 0.184. The molecule has 1 nitrogen and oxygen atoms in total. The summed E-state index contributed by atoms with van der Waals surface area (Å²) in [5.74, 6) is -0.773. The molecule has 2 aromatic carbocycles. The van der Waals surface area contributed by atoms with Gasteiger partial charge in [0.1, 0.15) is 11.6 Å². The first-order valence-electron chi connectivity index (χ1n) is 6.37. The zero-order valence-electron chi connectivity index (χ0n) is 10.9. The average molecular weight is 261 g/mol. The van der Waals surface area contributed by atoms with Gasteiger partial charge in [0.25, 0.3) is 0 Å². The van der Waals surface area contributed by atoms with Crippen LogP contribution in [0.25, 0.3) is 0 Å². The van der Waals surface area contributed by atoms with Gasteiger partial charge in [0.2, 0.25) is 0 Å². The van der Waals surface area contributed by atoms with Gasteiger partial charge in [-0.3, -0.25) is 0 Å². The van der Waals surface area contributed by atoms with E-state index in [-0.39, 0.29) is 11.9 Å². The van der Waals surface area contributed by atoms with E-state index in [0.717, 1.165) is 18.9 Å². The molecule has 0 fully saturated rings. The van der Waals surface area contributed by atoms with Crippen LogP contribution in [0.15, 0.2) is 48.5 Å². The number of hydrogen-bond donors (Lipinski definition) is 1. The second-order valence-corrected chi connectivity index (χ2v) is 4.53. The van der Waals surface area contributed by atoms with Crippen molar-refractivity contribution in [1.29, 1.82) is 0 Å². The summed E-state index contributed by atoms with van der Waals surface area (Å²) in [5, 5.41) is 3.05. The highest BCUT2D eigenvalue weighted by atomic mass is 19.1. The Morgan fingerprint density at radius 1 is 1.05 bits per heavy atom. The highest BCUT2D eigenvalue weighted by Gasteiger charge is 2.14. The van der Waals surface area contributed by atoms with Gasteiger partial charge in [-0.05, 0) is 43.7 Å². The molecule has 1 unspecified atom stereocenters. The molecule has 3 heteroatoms. The van der Waals surface area contributed by atoms with Crippen LogP contribution in [0.5, 0.6) is 0 Å². The van der Waals surface area contributed by atoms with Crippen molar-refractivity contribution in [1.82, 2.24) is 5.32 Å². The van der Waals surface area contributed by atoms with Gasteiger partial charge < -0.3 is 5.32 Å². The topological polar surface area (TPSA) is 12.0 Å². The lowest BCUT2D eigenvalue weighted by Gasteiger charge is -2.17. The molecule has 0 aliphatic heterocycles. The van der Waals surface area contributed by atoms with Crippen LogP contribution in [0.2, 0.25) is 0 Å². The maximum atomic E-state index is 13.7. The third-order valence-corrected chi connectivity index (χ3v) is 3.25. The average Bonchev–Trinajstić information content (AvgIpc) is 2.44. The normalized spacial score (nSPS) is 12.4. The zero-order chi connectivity index (χ0) is 13.7. The van der Waals surface area contributed by atoms with Crippen LogP contribution >= 0.6 is 0 Å². The summed E-state index contributed by atoms with van der Waals surface area (Å²) in [7, 11) is 1.76. The molecule has 0 bridgehead atoms. The van der Waals surface area contributed by atoms with Crippen molar-refractivity contribution in [2.75, 3.05) is 7.05 Å². The number of rotatable bonds is 5. The predicted molar refractivity (Wildman–Crippen MR) is 72.9 cm³/mol. The summed E-state index contributed by atoms with van der Waals surface area (Å²) in [6, 6.07) is 13.4. The van der Waals surface area contributed by atoms with Crippen LogP contribution in [-0.4, -0.2) is 7.05 Å². The van der Waals surface area contributed by atoms with Crippen molar-refractivity contribution in [3.05, 3.63) is 71.3 Å². The smallest absolute Gasteiger partial charge is 0.128 e. The van der Waals surface area contributed by atoms with E-state index in [2.05, 4.69) is 5.32 Å². The maximum Gasteiger partial charge on any atom is 0.128 e. The van der Waals surface area contributed by atoms with Crippen LogP contribution in [-0.2, 0) is 6.42 Å². The maximum absolute atomic E-state index is 13.7. The fraction of sp³-hybridized carbons (Fsp3) is 0.250. The van der Waals surface area contributed by atoms with Crippen molar-refractivity contribution >= 4 is 0 Å². The summed E-state index contributed by atoms with van der Waals surface area (Å²) < 4.78 is 26.9. The molecule has 0 aliphatic carbocycles. The molecule has 0 amide bonds. The molecule has 0 aliphatic rings. The number of nitrogens with one attached hydrogen (secondary N) is 1. The molecule has 19 heavy (non-hydrogen) atoms. The summed E-state index contributed by atoms with van der Waals surface area (Å²) in [6.45, 7) is 0. The Bertz CT molecular complexity index is 526. The van der Waals surface area contributed by atoms with E-state index < -0.39 is 5.82 Å². The van der Waals surface area contributed by atoms with Gasteiger partial charge in [-0.25, -0.2) is 8.78 Å². The third-order valence-electron chi connectivity index (χ3n) is 3.25. The van der Waals surface area contributed by atoms with Crippen LogP contribution in [0.4, 0.5) is 8.78 Å². The Labute approximate surface area is 112 Å². The Kier molecular flexibility index (Phi) is 4.63. The standard InChI is InChI=1S/C16H17F2N/c1-19-16(10-7-12-5-3-2-4-6-12)14-11-13(17)8-9-15(14)18/h2-6,8-9,11,16,19H,7,10H2,1H3. The quantitative estimate of drug-likeness (QED) is 0.861. The highest BCUT2D eigenvalue weighted by molar-refractivity contribution is 5.23. The van der Waals surface area contributed by atoms with Crippen molar-refractivity contribution in [3.63, 3.8) is 0 Å². The molecule has 0 spiro atoms. The first kappa shape index (κ1) is 13.7. The molecule has 2 aromatic rings. The zero-order valence-corrected chi connectivity index (χ0v) is 10.9. The van der Waals surface area contributed by atoms with E-state index >= 15 is 0 Å². The second-order valence-electron chi connectivity index (χ2n) is 4.53. The minimum Gasteiger partial charge on any atom is -0.313 e. The van der Waals surface area contributed by atoms with E-state index in [1.807, 2.05) is 30.3 Å². The Hall–Kier alpha value is -1.74. The van der Waals surface area contributed by atoms with Crippen LogP contribution < -0.4 is 5.32 Å². The fourth-order valence-electron chi connectivity index (χ4n) is 2.19. The van der Waals surface area contributed by atoms with Gasteiger partial charge in [-0.1, -0.05) is 30.3 Å². The first-order valence-corrected chi connectivity index (χ1v) is 6.37. The van der Waals surface area contributed by atoms with Gasteiger partial charge in [0, 0.05) is 11.6 Å². The van der Waals surface area contributed by atoms with E-state index in [1.54, 1.807) is 7.05 Å². The molecule has 0 radical (unpaired) electrons. The molecular weight excluding hydrogens is 244 g/mol. The first-order chi connectivity index (χ1) is 9.20. The van der Waals surface area contributed by atoms with Gasteiger partial charge >= 0.3 is 0 Å². The molecule has 1 atom stereocenters. The molecule has 0 aromatic heterocycles. The van der Waals surface area contributed by atoms with Crippen molar-refractivity contribution in [3.8, 4) is 0 Å². The molecular formula is C16H17F2N. The van der Waals surface area contributed by atoms with Crippen LogP contribution in [0.1, 0.15) is 23.6 Å². The summed E-state index contributed by atoms with van der Waals surface area (Å²) in [5.41, 5.74) is 1.58. The number of benzene rings is 2. The van der Waals surface area contributed by atoms with E-state index in [1.165, 1.54) is 17.7 Å². The largest absolute Gasteiger partial charge is 0.313 e. The monoisotopic (exact) mass is 261 g/mol. The van der Waals surface area contributed by atoms with Crippen molar-refractivity contribution in [2.45, 2.75) is 18.9 Å². The lowest BCUT2D eigenvalue weighted by molar-refractivity contribution is 0.501. The number of aryl methyl sites for hydroxylation is 1. The minimum atomic E-state index is -0.406. The number of halogens is 2. The number of hydrogen-bond acceptors (Lipinski definition) is 1. The lowest BCUT2D eigenvalue weighted by atomic mass is 9.98. The molecule has 0 saturated heterocycles. The van der Waals surface area contributed by atoms with Crippen molar-refractivity contribution in [2.24, 2.45) is 0 Å². The molecule has 0 saturated carbocycles. The molecule has 2 rings (SSSR count). The molecule has 1 N–H and O–H groups in total. The summed E-state index contributed by atoms with van der Waals surface area (Å²) in [6.07, 6.45) is 1.54. The second kappa shape index (κ2) is 6.43. The Balaban J connectivity index is 2.10. The van der Waals surface area contributed by atoms with Gasteiger partial charge in [-0.2, -0.15) is 0 Å². The summed E-state index contributed by atoms with van der Waals surface area (Å²) in [4.78, 5) is 0. The predicted octanol–water partition coefficient (Wildman–Crippen LogP) is 3.86. The van der Waals surface area contributed by atoms with Gasteiger partial charge in [0.15, 0.2) is 0 Å². The summed E-state index contributed by atoms with van der Waals surface area (Å²) >= 11 is 0. The lowest BCUT2D eigenvalue weighted by Crippen LogP contribution is -2.18. The fourth-order valence-corrected chi connectivity index (χ4v) is 2.19.